The summed E-state index contributed by atoms with van der Waals surface area (Å²) in [5.41, 5.74) is 7.35. The number of fused-ring (bicyclic) bond motifs is 1. The Morgan fingerprint density at radius 3 is 2.50 bits per heavy atom. The van der Waals surface area contributed by atoms with Gasteiger partial charge in [-0.15, -0.1) is 0 Å². The van der Waals surface area contributed by atoms with E-state index in [2.05, 4.69) is 15.2 Å². The van der Waals surface area contributed by atoms with Crippen LogP contribution < -0.4 is 16.4 Å². The maximum Gasteiger partial charge on any atom is 0.316 e. The monoisotopic (exact) mass is 322 g/mol. The molecule has 0 aliphatic rings. The summed E-state index contributed by atoms with van der Waals surface area (Å²) in [6.07, 6.45) is 2.33. The molecular formula is C18H18N4O2. The smallest absolute Gasteiger partial charge is 0.316 e. The third-order valence-electron chi connectivity index (χ3n) is 3.67. The summed E-state index contributed by atoms with van der Waals surface area (Å²) in [5, 5.41) is 6.45. The molecule has 0 aliphatic carbocycles. The molecule has 6 heteroatoms. The van der Waals surface area contributed by atoms with Gasteiger partial charge in [-0.2, -0.15) is 0 Å². The Labute approximate surface area is 139 Å². The first-order chi connectivity index (χ1) is 11.6. The predicted octanol–water partition coefficient (Wildman–Crippen LogP) is 3.16. The third-order valence-corrected chi connectivity index (χ3v) is 3.67. The lowest BCUT2D eigenvalue weighted by molar-refractivity contribution is -0.116. The van der Waals surface area contributed by atoms with Gasteiger partial charge in [-0.25, -0.2) is 4.79 Å². The summed E-state index contributed by atoms with van der Waals surface area (Å²) in [6.45, 7) is 0.596. The Morgan fingerprint density at radius 2 is 1.71 bits per heavy atom. The van der Waals surface area contributed by atoms with E-state index < -0.39 is 6.03 Å². The van der Waals surface area contributed by atoms with Gasteiger partial charge in [-0.05, 0) is 35.7 Å². The van der Waals surface area contributed by atoms with Gasteiger partial charge in [0, 0.05) is 36.1 Å². The lowest BCUT2D eigenvalue weighted by atomic mass is 10.2. The molecule has 2 aromatic carbocycles. The van der Waals surface area contributed by atoms with Crippen molar-refractivity contribution in [1.29, 1.82) is 0 Å². The zero-order chi connectivity index (χ0) is 16.9. The Hall–Kier alpha value is -3.28. The summed E-state index contributed by atoms with van der Waals surface area (Å²) in [5.74, 6) is -0.0935. The molecule has 0 unspecified atom stereocenters. The van der Waals surface area contributed by atoms with E-state index in [9.17, 15) is 9.59 Å². The Kier molecular flexibility index (Phi) is 4.47. The molecule has 0 aliphatic heterocycles. The van der Waals surface area contributed by atoms with Crippen LogP contribution in [0.1, 0.15) is 6.42 Å². The quantitative estimate of drug-likeness (QED) is 0.673. The number of anilines is 2. The van der Waals surface area contributed by atoms with Gasteiger partial charge in [-0.1, -0.05) is 24.3 Å². The molecule has 6 nitrogen and oxygen atoms in total. The number of aromatic nitrogens is 1. The average molecular weight is 322 g/mol. The van der Waals surface area contributed by atoms with Crippen molar-refractivity contribution in [2.75, 3.05) is 10.6 Å². The average Bonchev–Trinajstić information content (AvgIpc) is 2.96. The van der Waals surface area contributed by atoms with E-state index in [-0.39, 0.29) is 5.91 Å². The Morgan fingerprint density at radius 1 is 0.958 bits per heavy atom. The molecular weight excluding hydrogens is 304 g/mol. The van der Waals surface area contributed by atoms with Crippen molar-refractivity contribution in [2.24, 2.45) is 5.73 Å². The van der Waals surface area contributed by atoms with E-state index in [1.54, 1.807) is 24.3 Å². The zero-order valence-corrected chi connectivity index (χ0v) is 13.0. The molecule has 0 spiro atoms. The molecule has 1 aromatic heterocycles. The number of hydrogen-bond acceptors (Lipinski definition) is 2. The zero-order valence-electron chi connectivity index (χ0n) is 13.0. The minimum Gasteiger partial charge on any atom is -0.351 e. The highest BCUT2D eigenvalue weighted by Crippen LogP contribution is 2.17. The van der Waals surface area contributed by atoms with E-state index in [0.29, 0.717) is 24.3 Å². The lowest BCUT2D eigenvalue weighted by Crippen LogP contribution is -2.19. The highest BCUT2D eigenvalue weighted by atomic mass is 16.2. The van der Waals surface area contributed by atoms with Gasteiger partial charge in [0.1, 0.15) is 0 Å². The van der Waals surface area contributed by atoms with Crippen LogP contribution in [0.5, 0.6) is 0 Å². The number of para-hydroxylation sites is 1. The number of nitrogens with zero attached hydrogens (tertiary/aromatic N) is 1. The fourth-order valence-corrected chi connectivity index (χ4v) is 2.60. The Bertz CT molecular complexity index is 885. The van der Waals surface area contributed by atoms with Gasteiger partial charge < -0.3 is 20.9 Å². The second kappa shape index (κ2) is 6.87. The number of primary amides is 1. The van der Waals surface area contributed by atoms with E-state index >= 15 is 0 Å². The number of benzene rings is 2. The van der Waals surface area contributed by atoms with Gasteiger partial charge in [0.15, 0.2) is 0 Å². The molecule has 0 bridgehead atoms. The van der Waals surface area contributed by atoms with Crippen LogP contribution in [-0.4, -0.2) is 16.5 Å². The normalized spacial score (nSPS) is 10.5. The summed E-state index contributed by atoms with van der Waals surface area (Å²) in [4.78, 5) is 23.0. The standard InChI is InChI=1S/C18H18N4O2/c19-18(24)21-15-6-3-5-14(12-15)20-17(23)9-11-22-10-8-13-4-1-2-7-16(13)22/h1-8,10,12H,9,11H2,(H,20,23)(H3,19,21,24). The van der Waals surface area contributed by atoms with Crippen molar-refractivity contribution in [1.82, 2.24) is 4.57 Å². The van der Waals surface area contributed by atoms with Gasteiger partial charge in [0.25, 0.3) is 0 Å². The number of nitrogens with one attached hydrogen (secondary N) is 2. The van der Waals surface area contributed by atoms with Gasteiger partial charge in [-0.3, -0.25) is 4.79 Å². The summed E-state index contributed by atoms with van der Waals surface area (Å²) < 4.78 is 2.06. The topological polar surface area (TPSA) is 89.2 Å². The third kappa shape index (κ3) is 3.73. The first-order valence-corrected chi connectivity index (χ1v) is 7.62. The fourth-order valence-electron chi connectivity index (χ4n) is 2.60. The van der Waals surface area contributed by atoms with Crippen molar-refractivity contribution in [3.8, 4) is 0 Å². The van der Waals surface area contributed by atoms with Crippen LogP contribution in [-0.2, 0) is 11.3 Å². The predicted molar refractivity (Wildman–Crippen MR) is 94.8 cm³/mol. The van der Waals surface area contributed by atoms with Crippen molar-refractivity contribution >= 4 is 34.2 Å². The molecule has 122 valence electrons. The summed E-state index contributed by atoms with van der Waals surface area (Å²) in [6, 6.07) is 16.3. The van der Waals surface area contributed by atoms with Crippen molar-refractivity contribution in [3.63, 3.8) is 0 Å². The van der Waals surface area contributed by atoms with Gasteiger partial charge in [0.05, 0.1) is 0 Å². The molecule has 0 radical (unpaired) electrons. The van der Waals surface area contributed by atoms with E-state index in [0.717, 1.165) is 10.9 Å². The van der Waals surface area contributed by atoms with Crippen LogP contribution in [0.3, 0.4) is 0 Å². The second-order valence-corrected chi connectivity index (χ2v) is 5.44. The molecule has 0 saturated carbocycles. The molecule has 3 amide bonds. The molecule has 3 aromatic rings. The molecule has 24 heavy (non-hydrogen) atoms. The van der Waals surface area contributed by atoms with Crippen molar-refractivity contribution in [2.45, 2.75) is 13.0 Å². The van der Waals surface area contributed by atoms with Crippen LogP contribution in [0.15, 0.2) is 60.8 Å². The molecule has 3 rings (SSSR count). The van der Waals surface area contributed by atoms with Crippen LogP contribution in [0.2, 0.25) is 0 Å². The molecule has 4 N–H and O–H groups in total. The lowest BCUT2D eigenvalue weighted by Gasteiger charge is -2.09. The first-order valence-electron chi connectivity index (χ1n) is 7.62. The fraction of sp³-hybridized carbons (Fsp3) is 0.111. The van der Waals surface area contributed by atoms with E-state index in [1.165, 1.54) is 0 Å². The number of rotatable bonds is 5. The largest absolute Gasteiger partial charge is 0.351 e. The molecule has 0 fully saturated rings. The highest BCUT2D eigenvalue weighted by molar-refractivity contribution is 5.93. The summed E-state index contributed by atoms with van der Waals surface area (Å²) in [7, 11) is 0. The minimum atomic E-state index is -0.641. The van der Waals surface area contributed by atoms with E-state index in [1.807, 2.05) is 36.5 Å². The number of urea groups is 1. The molecule has 0 atom stereocenters. The number of aryl methyl sites for hydroxylation is 1. The van der Waals surface area contributed by atoms with Crippen LogP contribution >= 0.6 is 0 Å². The number of amides is 3. The molecule has 1 heterocycles. The second-order valence-electron chi connectivity index (χ2n) is 5.44. The van der Waals surface area contributed by atoms with Gasteiger partial charge >= 0.3 is 6.03 Å². The summed E-state index contributed by atoms with van der Waals surface area (Å²) >= 11 is 0. The first kappa shape index (κ1) is 15.6. The maximum atomic E-state index is 12.1. The number of carbonyl (C=O) groups is 2. The van der Waals surface area contributed by atoms with E-state index in [4.69, 9.17) is 5.73 Å². The highest BCUT2D eigenvalue weighted by Gasteiger charge is 2.06. The Balaban J connectivity index is 1.61. The SMILES string of the molecule is NC(=O)Nc1cccc(NC(=O)CCn2ccc3ccccc32)c1. The number of hydrogen-bond donors (Lipinski definition) is 3. The maximum absolute atomic E-state index is 12.1. The van der Waals surface area contributed by atoms with Crippen LogP contribution in [0, 0.1) is 0 Å². The van der Waals surface area contributed by atoms with Gasteiger partial charge in [0.2, 0.25) is 5.91 Å². The van der Waals surface area contributed by atoms with Crippen LogP contribution in [0.25, 0.3) is 10.9 Å². The van der Waals surface area contributed by atoms with Crippen molar-refractivity contribution < 1.29 is 9.59 Å². The molecule has 0 saturated heterocycles. The minimum absolute atomic E-state index is 0.0935. The van der Waals surface area contributed by atoms with Crippen molar-refractivity contribution in [3.05, 3.63) is 60.8 Å². The number of carbonyl (C=O) groups excluding carboxylic acids is 2. The van der Waals surface area contributed by atoms with Crippen LogP contribution in [0.4, 0.5) is 16.2 Å². The number of nitrogens with two attached hydrogens (primary N) is 1.